The van der Waals surface area contributed by atoms with E-state index >= 15 is 0 Å². The molecule has 6 aromatic rings. The summed E-state index contributed by atoms with van der Waals surface area (Å²) in [5.74, 6) is -15.4. The Kier molecular flexibility index (Phi) is 8.82. The van der Waals surface area contributed by atoms with Crippen molar-refractivity contribution < 1.29 is 52.1 Å². The highest BCUT2D eigenvalue weighted by Gasteiger charge is 2.86. The van der Waals surface area contributed by atoms with E-state index in [9.17, 15) is 47.9 Å². The van der Waals surface area contributed by atoms with Crippen molar-refractivity contribution in [2.45, 2.75) is 23.3 Å². The van der Waals surface area contributed by atoms with E-state index in [2.05, 4.69) is 4.18 Å². The van der Waals surface area contributed by atoms with Gasteiger partial charge in [-0.05, 0) is 46.2 Å². The van der Waals surface area contributed by atoms with Gasteiger partial charge in [0.1, 0.15) is 5.75 Å². The molecule has 0 radical (unpaired) electrons. The minimum atomic E-state index is -7.41. The lowest BCUT2D eigenvalue weighted by Gasteiger charge is -2.32. The van der Waals surface area contributed by atoms with Crippen LogP contribution >= 0.6 is 0 Å². The van der Waals surface area contributed by atoms with Crippen LogP contribution in [0.15, 0.2) is 127 Å². The number of hydrogen-bond acceptors (Lipinski definition) is 5. The molecular weight excluding hydrogens is 711 g/mol. The lowest BCUT2D eigenvalue weighted by molar-refractivity contribution is -0.382. The Morgan fingerprint density at radius 1 is 0.471 bits per heavy atom. The van der Waals surface area contributed by atoms with E-state index in [1.54, 1.807) is 36.4 Å². The number of halogens is 9. The van der Waals surface area contributed by atoms with Crippen molar-refractivity contribution in [1.82, 2.24) is 9.97 Å². The van der Waals surface area contributed by atoms with Gasteiger partial charge in [0.05, 0.1) is 11.4 Å². The Hall–Kier alpha value is -5.44. The van der Waals surface area contributed by atoms with Gasteiger partial charge < -0.3 is 4.18 Å². The van der Waals surface area contributed by atoms with Gasteiger partial charge in [0.2, 0.25) is 0 Å². The first kappa shape index (κ1) is 35.4. The van der Waals surface area contributed by atoms with Crippen molar-refractivity contribution in [3.8, 4) is 50.8 Å². The van der Waals surface area contributed by atoms with Gasteiger partial charge in [-0.3, -0.25) is 0 Å². The van der Waals surface area contributed by atoms with Crippen LogP contribution in [0.4, 0.5) is 39.5 Å². The topological polar surface area (TPSA) is 69.2 Å². The van der Waals surface area contributed by atoms with Crippen LogP contribution < -0.4 is 4.18 Å². The molecule has 0 spiro atoms. The second kappa shape index (κ2) is 12.7. The molecule has 0 unspecified atom stereocenters. The van der Waals surface area contributed by atoms with E-state index in [4.69, 9.17) is 9.97 Å². The number of benzene rings is 5. The van der Waals surface area contributed by atoms with Crippen molar-refractivity contribution in [3.05, 3.63) is 127 Å². The van der Waals surface area contributed by atoms with Gasteiger partial charge in [-0.15, -0.1) is 0 Å². The highest BCUT2D eigenvalue weighted by atomic mass is 32.2. The number of alkyl halides is 9. The molecule has 0 atom stereocenters. The Balaban J connectivity index is 1.30. The van der Waals surface area contributed by atoms with Crippen LogP contribution in [0, 0.1) is 0 Å². The van der Waals surface area contributed by atoms with Gasteiger partial charge in [0.25, 0.3) is 0 Å². The third kappa shape index (κ3) is 6.49. The summed E-state index contributed by atoms with van der Waals surface area (Å²) >= 11 is 0. The monoisotopic (exact) mass is 732 g/mol. The molecule has 0 amide bonds. The molecule has 5 aromatic carbocycles. The summed E-state index contributed by atoms with van der Waals surface area (Å²) in [6, 6.07) is 35.2. The van der Waals surface area contributed by atoms with Gasteiger partial charge in [0, 0.05) is 16.7 Å². The summed E-state index contributed by atoms with van der Waals surface area (Å²) in [5.41, 5.74) is 4.86. The quantitative estimate of drug-likeness (QED) is 0.109. The second-order valence-corrected chi connectivity index (χ2v) is 12.8. The molecule has 0 saturated heterocycles. The Morgan fingerprint density at radius 3 is 1.53 bits per heavy atom. The number of hydrogen-bond donors (Lipinski definition) is 0. The summed E-state index contributed by atoms with van der Waals surface area (Å²) < 4.78 is 148. The van der Waals surface area contributed by atoms with Gasteiger partial charge in [-0.1, -0.05) is 103 Å². The van der Waals surface area contributed by atoms with Crippen LogP contribution in [0.1, 0.15) is 0 Å². The number of aromatic nitrogens is 2. The fraction of sp³-hybridized carbons (Fsp3) is 0.111. The first-order valence-electron chi connectivity index (χ1n) is 14.7. The third-order valence-electron chi connectivity index (χ3n) is 7.79. The van der Waals surface area contributed by atoms with E-state index < -0.39 is 39.1 Å². The summed E-state index contributed by atoms with van der Waals surface area (Å²) in [6.45, 7) is 0. The average Bonchev–Trinajstić information content (AvgIpc) is 3.11. The summed E-state index contributed by atoms with van der Waals surface area (Å²) in [4.78, 5) is 9.52. The molecule has 1 aromatic heterocycles. The zero-order valence-corrected chi connectivity index (χ0v) is 26.4. The van der Waals surface area contributed by atoms with Crippen LogP contribution in [0.25, 0.3) is 55.8 Å². The van der Waals surface area contributed by atoms with Crippen molar-refractivity contribution >= 4 is 20.9 Å². The highest BCUT2D eigenvalue weighted by Crippen LogP contribution is 2.55. The molecule has 15 heteroatoms. The zero-order chi connectivity index (χ0) is 36.8. The predicted molar refractivity (Wildman–Crippen MR) is 172 cm³/mol. The van der Waals surface area contributed by atoms with Gasteiger partial charge in [0.15, 0.2) is 5.82 Å². The molecule has 0 N–H and O–H groups in total. The molecule has 6 rings (SSSR count). The van der Waals surface area contributed by atoms with Crippen molar-refractivity contribution in [1.29, 1.82) is 0 Å². The van der Waals surface area contributed by atoms with Gasteiger partial charge in [-0.2, -0.15) is 47.9 Å². The Bertz CT molecular complexity index is 2260. The predicted octanol–water partition coefficient (Wildman–Crippen LogP) is 10.4. The normalized spacial score (nSPS) is 13.0. The van der Waals surface area contributed by atoms with Gasteiger partial charge in [-0.25, -0.2) is 9.97 Å². The second-order valence-electron chi connectivity index (χ2n) is 11.2. The molecule has 1 heterocycles. The van der Waals surface area contributed by atoms with Crippen LogP contribution in [0.5, 0.6) is 5.75 Å². The van der Waals surface area contributed by atoms with E-state index in [0.29, 0.717) is 33.7 Å². The lowest BCUT2D eigenvalue weighted by atomic mass is 9.99. The smallest absolute Gasteiger partial charge is 0.378 e. The number of nitrogens with zero attached hydrogens (tertiary/aromatic N) is 2. The maximum Gasteiger partial charge on any atom is 0.460 e. The first-order chi connectivity index (χ1) is 23.9. The molecule has 0 aliphatic heterocycles. The fourth-order valence-electron chi connectivity index (χ4n) is 5.05. The van der Waals surface area contributed by atoms with Gasteiger partial charge >= 0.3 is 33.4 Å². The largest absolute Gasteiger partial charge is 0.460 e. The molecule has 0 bridgehead atoms. The van der Waals surface area contributed by atoms with Crippen molar-refractivity contribution in [2.24, 2.45) is 0 Å². The fourth-order valence-corrected chi connectivity index (χ4v) is 5.96. The third-order valence-corrected chi connectivity index (χ3v) is 9.09. The van der Waals surface area contributed by atoms with E-state index in [-0.39, 0.29) is 5.39 Å². The minimum absolute atomic E-state index is 0.135. The average molecular weight is 733 g/mol. The molecule has 51 heavy (non-hydrogen) atoms. The van der Waals surface area contributed by atoms with E-state index in [1.165, 1.54) is 6.07 Å². The molecular formula is C36H21F9N2O3S. The molecule has 5 nitrogen and oxygen atoms in total. The molecule has 0 fully saturated rings. The summed E-state index contributed by atoms with van der Waals surface area (Å²) in [6.07, 6.45) is -7.20. The SMILES string of the molecule is O=S(=O)(Oc1ccc2ccc(-c3ccc(-c4cc(-c5ccccc5)nc(-c5ccccc5)n4)cc3)cc2c1)C(F)(F)C(F)(F)C(F)(F)C(F)(F)F. The summed E-state index contributed by atoms with van der Waals surface area (Å²) in [7, 11) is -7.09. The molecule has 262 valence electrons. The van der Waals surface area contributed by atoms with Crippen LogP contribution in [0.2, 0.25) is 0 Å². The standard InChI is InChI=1S/C36H21F9N2O3S/c37-33(38,35(41,42)43)34(39,40)36(44,45)51(48,49)50-29-18-17-23-13-16-27(19-28(23)20-29)22-11-14-25(15-12-22)31-21-30(24-7-3-1-4-8-24)46-32(47-31)26-9-5-2-6-10-26/h1-21H. The molecule has 0 aliphatic carbocycles. The maximum absolute atomic E-state index is 14.2. The number of fused-ring (bicyclic) bond motifs is 1. The lowest BCUT2D eigenvalue weighted by Crippen LogP contribution is -2.63. The highest BCUT2D eigenvalue weighted by molar-refractivity contribution is 7.88. The van der Waals surface area contributed by atoms with Crippen LogP contribution in [-0.4, -0.2) is 41.7 Å². The van der Waals surface area contributed by atoms with E-state index in [1.807, 2.05) is 66.7 Å². The summed E-state index contributed by atoms with van der Waals surface area (Å²) in [5, 5.41) is -6.45. The van der Waals surface area contributed by atoms with E-state index in [0.717, 1.165) is 34.9 Å². The minimum Gasteiger partial charge on any atom is -0.378 e. The Labute approximate surface area is 284 Å². The Morgan fingerprint density at radius 2 is 0.961 bits per heavy atom. The van der Waals surface area contributed by atoms with Crippen molar-refractivity contribution in [3.63, 3.8) is 0 Å². The van der Waals surface area contributed by atoms with Crippen LogP contribution in [0.3, 0.4) is 0 Å². The van der Waals surface area contributed by atoms with Crippen molar-refractivity contribution in [2.75, 3.05) is 0 Å². The number of rotatable bonds is 9. The van der Waals surface area contributed by atoms with Crippen LogP contribution in [-0.2, 0) is 10.1 Å². The molecule has 0 saturated carbocycles. The first-order valence-corrected chi connectivity index (χ1v) is 16.1. The zero-order valence-electron chi connectivity index (χ0n) is 25.6. The maximum atomic E-state index is 14.2. The molecule has 0 aliphatic rings.